The Morgan fingerprint density at radius 3 is 1.67 bits per heavy atom. The van der Waals surface area contributed by atoms with Crippen molar-refractivity contribution in [3.05, 3.63) is 0 Å². The summed E-state index contributed by atoms with van der Waals surface area (Å²) in [5.74, 6) is 0. The van der Waals surface area contributed by atoms with Gasteiger partial charge >= 0.3 is 0 Å². The number of rotatable bonds is 3. The van der Waals surface area contributed by atoms with E-state index in [-0.39, 0.29) is 0 Å². The van der Waals surface area contributed by atoms with E-state index in [9.17, 15) is 8.42 Å². The summed E-state index contributed by atoms with van der Waals surface area (Å²) in [4.78, 5) is 0. The molecule has 0 aliphatic heterocycles. The van der Waals surface area contributed by atoms with E-state index in [1.165, 1.54) is 25.5 Å². The third-order valence-electron chi connectivity index (χ3n) is 1.01. The minimum Gasteiger partial charge on any atom is -0.201 e. The predicted octanol–water partition coefficient (Wildman–Crippen LogP) is 1.01. The standard InChI is InChI=1S/C4H10INO2S/c1-3-6(4-2)9(5,7)8/h3-4H2,1-2H3. The SMILES string of the molecule is CCN(CC)S(=O)(=O)I. The normalized spacial score (nSPS) is 12.4. The van der Waals surface area contributed by atoms with Crippen LogP contribution in [0.4, 0.5) is 0 Å². The molecule has 9 heavy (non-hydrogen) atoms. The summed E-state index contributed by atoms with van der Waals surface area (Å²) in [6.07, 6.45) is 0. The first-order chi connectivity index (χ1) is 4.02. The third-order valence-corrected chi connectivity index (χ3v) is 3.82. The maximum Gasteiger partial charge on any atom is 0.267 e. The van der Waals surface area contributed by atoms with Gasteiger partial charge in [-0.3, -0.25) is 0 Å². The summed E-state index contributed by atoms with van der Waals surface area (Å²) >= 11 is 1.44. The Hall–Kier alpha value is 0.640. The monoisotopic (exact) mass is 263 g/mol. The van der Waals surface area contributed by atoms with Crippen molar-refractivity contribution < 1.29 is 8.42 Å². The Morgan fingerprint density at radius 2 is 1.67 bits per heavy atom. The first-order valence-corrected chi connectivity index (χ1v) is 6.70. The fraction of sp³-hybridized carbons (Fsp3) is 1.00. The molecule has 0 saturated heterocycles. The van der Waals surface area contributed by atoms with Gasteiger partial charge in [0, 0.05) is 13.1 Å². The van der Waals surface area contributed by atoms with Gasteiger partial charge in [-0.1, -0.05) is 13.8 Å². The van der Waals surface area contributed by atoms with Crippen molar-refractivity contribution in [2.45, 2.75) is 13.8 Å². The molecule has 5 heteroatoms. The third kappa shape index (κ3) is 3.36. The molecule has 0 bridgehead atoms. The predicted molar refractivity (Wildman–Crippen MR) is 45.9 cm³/mol. The zero-order chi connectivity index (χ0) is 7.49. The van der Waals surface area contributed by atoms with Crippen LogP contribution in [0.15, 0.2) is 0 Å². The average Bonchev–Trinajstić information content (AvgIpc) is 1.65. The van der Waals surface area contributed by atoms with Gasteiger partial charge in [-0.2, -0.15) is 4.31 Å². The minimum atomic E-state index is -2.96. The molecular weight excluding hydrogens is 253 g/mol. The van der Waals surface area contributed by atoms with Crippen LogP contribution in [0.5, 0.6) is 0 Å². The van der Waals surface area contributed by atoms with Gasteiger partial charge in [-0.05, 0) is 0 Å². The molecule has 0 unspecified atom stereocenters. The highest BCUT2D eigenvalue weighted by atomic mass is 127. The fourth-order valence-corrected chi connectivity index (χ4v) is 2.82. The number of nitrogens with zero attached hydrogens (tertiary/aromatic N) is 1. The molecule has 0 fully saturated rings. The van der Waals surface area contributed by atoms with E-state index in [0.717, 1.165) is 0 Å². The molecule has 0 aromatic rings. The second-order valence-electron chi connectivity index (χ2n) is 1.53. The summed E-state index contributed by atoms with van der Waals surface area (Å²) in [5, 5.41) is 0. The van der Waals surface area contributed by atoms with E-state index in [1.54, 1.807) is 0 Å². The Bertz CT molecular complexity index is 161. The van der Waals surface area contributed by atoms with Crippen molar-refractivity contribution in [3.63, 3.8) is 0 Å². The van der Waals surface area contributed by atoms with Crippen molar-refractivity contribution in [3.8, 4) is 0 Å². The highest BCUT2D eigenvalue weighted by molar-refractivity contribution is 14.2. The molecule has 0 aromatic carbocycles. The van der Waals surface area contributed by atoms with Gasteiger partial charge in [-0.25, -0.2) is 8.42 Å². The maximum atomic E-state index is 10.7. The molecule has 0 aliphatic carbocycles. The highest BCUT2D eigenvalue weighted by Gasteiger charge is 2.12. The molecule has 0 atom stereocenters. The van der Waals surface area contributed by atoms with Crippen LogP contribution in [0.1, 0.15) is 13.8 Å². The first-order valence-electron chi connectivity index (χ1n) is 2.72. The lowest BCUT2D eigenvalue weighted by Crippen LogP contribution is -2.25. The van der Waals surface area contributed by atoms with Gasteiger partial charge in [0.1, 0.15) is 0 Å². The lowest BCUT2D eigenvalue weighted by Gasteiger charge is -2.12. The maximum absolute atomic E-state index is 10.7. The van der Waals surface area contributed by atoms with Crippen molar-refractivity contribution in [1.82, 2.24) is 4.31 Å². The molecule has 0 radical (unpaired) electrons. The van der Waals surface area contributed by atoms with Gasteiger partial charge in [0.15, 0.2) is 0 Å². The molecule has 0 heterocycles. The molecule has 0 aromatic heterocycles. The molecule has 0 rings (SSSR count). The molecule has 0 amide bonds. The summed E-state index contributed by atoms with van der Waals surface area (Å²) in [7, 11) is -2.96. The Kier molecular flexibility index (Phi) is 3.99. The van der Waals surface area contributed by atoms with Crippen LogP contribution < -0.4 is 0 Å². The van der Waals surface area contributed by atoms with Crippen molar-refractivity contribution in [2.24, 2.45) is 0 Å². The van der Waals surface area contributed by atoms with Crippen LogP contribution >= 0.6 is 21.2 Å². The summed E-state index contributed by atoms with van der Waals surface area (Å²) in [6.45, 7) is 4.75. The molecular formula is C4H10INO2S. The smallest absolute Gasteiger partial charge is 0.201 e. The molecule has 56 valence electrons. The van der Waals surface area contributed by atoms with Gasteiger partial charge in [-0.15, -0.1) is 0 Å². The van der Waals surface area contributed by atoms with Crippen LogP contribution in [-0.4, -0.2) is 25.8 Å². The van der Waals surface area contributed by atoms with Crippen LogP contribution in [-0.2, 0) is 7.19 Å². The second kappa shape index (κ2) is 3.72. The van der Waals surface area contributed by atoms with Gasteiger partial charge in [0.2, 0.25) is 0 Å². The number of hydrogen-bond acceptors (Lipinski definition) is 2. The van der Waals surface area contributed by atoms with Crippen molar-refractivity contribution >= 4 is 28.4 Å². The zero-order valence-electron chi connectivity index (χ0n) is 5.46. The van der Waals surface area contributed by atoms with Crippen LogP contribution in [0.25, 0.3) is 0 Å². The fourth-order valence-electron chi connectivity index (χ4n) is 0.532. The van der Waals surface area contributed by atoms with E-state index in [0.29, 0.717) is 13.1 Å². The molecule has 3 nitrogen and oxygen atoms in total. The van der Waals surface area contributed by atoms with E-state index in [2.05, 4.69) is 0 Å². The quantitative estimate of drug-likeness (QED) is 0.563. The Labute approximate surface area is 68.1 Å². The second-order valence-corrected chi connectivity index (χ2v) is 6.21. The first kappa shape index (κ1) is 9.64. The van der Waals surface area contributed by atoms with E-state index in [1.807, 2.05) is 13.8 Å². The van der Waals surface area contributed by atoms with Crippen LogP contribution in [0, 0.1) is 0 Å². The lowest BCUT2D eigenvalue weighted by atomic mass is 10.7. The zero-order valence-corrected chi connectivity index (χ0v) is 8.44. The summed E-state index contributed by atoms with van der Waals surface area (Å²) in [5.41, 5.74) is 0. The lowest BCUT2D eigenvalue weighted by molar-refractivity contribution is 0.461. The van der Waals surface area contributed by atoms with Gasteiger partial charge < -0.3 is 0 Å². The molecule has 0 N–H and O–H groups in total. The molecule has 0 saturated carbocycles. The van der Waals surface area contributed by atoms with Crippen LogP contribution in [0.2, 0.25) is 0 Å². The minimum absolute atomic E-state index is 0.557. The van der Waals surface area contributed by atoms with E-state index < -0.39 is 7.19 Å². The Balaban J connectivity index is 4.14. The Morgan fingerprint density at radius 1 is 1.33 bits per heavy atom. The highest BCUT2D eigenvalue weighted by Crippen LogP contribution is 2.07. The average molecular weight is 263 g/mol. The van der Waals surface area contributed by atoms with E-state index in [4.69, 9.17) is 0 Å². The van der Waals surface area contributed by atoms with Crippen molar-refractivity contribution in [1.29, 1.82) is 0 Å². The molecule has 0 aliphatic rings. The number of hydrogen-bond donors (Lipinski definition) is 0. The van der Waals surface area contributed by atoms with Crippen molar-refractivity contribution in [2.75, 3.05) is 13.1 Å². The molecule has 0 spiro atoms. The summed E-state index contributed by atoms with van der Waals surface area (Å²) in [6, 6.07) is 0. The summed E-state index contributed by atoms with van der Waals surface area (Å²) < 4.78 is 22.8. The van der Waals surface area contributed by atoms with Gasteiger partial charge in [0.25, 0.3) is 7.19 Å². The largest absolute Gasteiger partial charge is 0.267 e. The van der Waals surface area contributed by atoms with Crippen LogP contribution in [0.3, 0.4) is 0 Å². The van der Waals surface area contributed by atoms with E-state index >= 15 is 0 Å². The topological polar surface area (TPSA) is 37.4 Å². The number of halogens is 1. The van der Waals surface area contributed by atoms with Gasteiger partial charge in [0.05, 0.1) is 21.2 Å².